The Balaban J connectivity index is 1.45. The monoisotopic (exact) mass is 821 g/mol. The molecule has 2 aromatic rings. The van der Waals surface area contributed by atoms with Crippen LogP contribution in [0.25, 0.3) is 30.4 Å². The first kappa shape index (κ1) is 46.3. The minimum absolute atomic E-state index is 0.0753. The summed E-state index contributed by atoms with van der Waals surface area (Å²) in [5, 5.41) is 9.59. The van der Waals surface area contributed by atoms with Crippen LogP contribution < -0.4 is 21.3 Å². The highest BCUT2D eigenvalue weighted by Crippen LogP contribution is 2.34. The average molecular weight is 821 g/mol. The zero-order valence-electron chi connectivity index (χ0n) is 37.9. The summed E-state index contributed by atoms with van der Waals surface area (Å²) in [4.78, 5) is 38.1. The molecule has 0 saturated carbocycles. The summed E-state index contributed by atoms with van der Waals surface area (Å²) in [6.07, 6.45) is 22.7. The van der Waals surface area contributed by atoms with Crippen molar-refractivity contribution in [3.8, 4) is 0 Å². The predicted octanol–water partition coefficient (Wildman–Crippen LogP) is 7.37. The number of allylic oxidation sites excluding steroid dienone is 2. The number of H-pyrrole nitrogens is 2. The van der Waals surface area contributed by atoms with E-state index in [4.69, 9.17) is 9.47 Å². The molecule has 0 aliphatic carbocycles. The number of carbonyl (C=O) groups is 2. The van der Waals surface area contributed by atoms with Gasteiger partial charge in [0.05, 0.1) is 25.3 Å². The normalized spacial score (nSPS) is 20.1. The molecule has 5 heterocycles. The van der Waals surface area contributed by atoms with E-state index in [2.05, 4.69) is 124 Å². The lowest BCUT2D eigenvalue weighted by molar-refractivity contribution is -0.144. The number of hydrogen-bond acceptors (Lipinski definition) is 8. The molecule has 10 nitrogen and oxygen atoms in total. The fourth-order valence-electron chi connectivity index (χ4n) is 8.54. The molecule has 0 amide bonds. The Hall–Kier alpha value is -4.80. The van der Waals surface area contributed by atoms with Crippen molar-refractivity contribution in [1.29, 1.82) is 0 Å². The molecular formula is C50H72N6O4. The molecule has 8 bridgehead atoms. The number of carbonyl (C=O) groups excluding carboxylic acids is 2. The second-order valence-electron chi connectivity index (χ2n) is 17.3. The van der Waals surface area contributed by atoms with Gasteiger partial charge in [0.2, 0.25) is 0 Å². The van der Waals surface area contributed by atoms with Crippen molar-refractivity contribution in [2.24, 2.45) is 0 Å². The number of nitrogens with zero attached hydrogens (tertiary/aromatic N) is 2. The van der Waals surface area contributed by atoms with E-state index in [1.165, 1.54) is 0 Å². The quantitative estimate of drug-likeness (QED) is 0.0720. The molecule has 0 spiro atoms. The molecule has 326 valence electrons. The minimum atomic E-state index is -0.179. The predicted molar refractivity (Wildman–Crippen MR) is 248 cm³/mol. The van der Waals surface area contributed by atoms with Crippen LogP contribution in [0.2, 0.25) is 0 Å². The van der Waals surface area contributed by atoms with Gasteiger partial charge in [-0.25, -0.2) is 0 Å². The fraction of sp³-hybridized carbons (Fsp3) is 0.520. The highest BCUT2D eigenvalue weighted by molar-refractivity contribution is 5.75. The number of rotatable bonds is 22. The van der Waals surface area contributed by atoms with Gasteiger partial charge in [-0.1, -0.05) is 51.0 Å². The van der Waals surface area contributed by atoms with E-state index in [1.54, 1.807) is 0 Å². The van der Waals surface area contributed by atoms with E-state index >= 15 is 0 Å². The van der Waals surface area contributed by atoms with Crippen molar-refractivity contribution in [2.75, 3.05) is 54.5 Å². The van der Waals surface area contributed by atoms with E-state index in [9.17, 15) is 9.59 Å². The van der Waals surface area contributed by atoms with Crippen LogP contribution in [-0.4, -0.2) is 98.3 Å². The lowest BCUT2D eigenvalue weighted by Crippen LogP contribution is -2.26. The standard InChI is InChI=1S/C50H72N6O4/c1-11-37-33(3)41-29-42-35(5)39(21-23-49(57)59-27-19-15-13-17-25-55(7)8)47(53-42)32-48-40(22-24-50(58)60-28-20-16-14-18-26-56(9)10)36(6)44(54-48)31-46-38(12-2)34(4)43(52-46)30-45(37)51-41/h11-12,29-32,44-45,51-54H,1-2,13-28H2,3-10H3/b41-29-,43-30-,46-31-,48-32-. The maximum Gasteiger partial charge on any atom is 0.306 e. The number of fused-ring (bicyclic) bond motifs is 8. The van der Waals surface area contributed by atoms with E-state index in [1.807, 2.05) is 12.2 Å². The second kappa shape index (κ2) is 22.2. The van der Waals surface area contributed by atoms with Crippen LogP contribution in [0, 0.1) is 13.8 Å². The molecule has 5 rings (SSSR count). The van der Waals surface area contributed by atoms with Gasteiger partial charge in [0.15, 0.2) is 0 Å². The molecule has 0 fully saturated rings. The highest BCUT2D eigenvalue weighted by atomic mass is 16.5. The van der Waals surface area contributed by atoms with Gasteiger partial charge in [-0.3, -0.25) is 9.59 Å². The van der Waals surface area contributed by atoms with E-state index in [0.717, 1.165) is 142 Å². The smallest absolute Gasteiger partial charge is 0.306 e. The molecule has 10 heteroatoms. The maximum atomic E-state index is 13.1. The lowest BCUT2D eigenvalue weighted by Gasteiger charge is -2.11. The van der Waals surface area contributed by atoms with Crippen molar-refractivity contribution in [3.63, 3.8) is 0 Å². The van der Waals surface area contributed by atoms with Crippen LogP contribution in [0.3, 0.4) is 0 Å². The number of aromatic amines is 2. The first-order valence-corrected chi connectivity index (χ1v) is 22.2. The third-order valence-electron chi connectivity index (χ3n) is 12.2. The molecule has 3 aliphatic heterocycles. The SMILES string of the molecule is C=CC1=C(C)/C2=C/c3[nH]c(c(CCC(=O)OCCCCCCN(C)C)c3C)/C=C3\NC(/C=c4\[nH]/c(c(C)c4C=C)=C\C1N2)C(C)=C3CCC(=O)OCCCCCCN(C)C. The van der Waals surface area contributed by atoms with Crippen LogP contribution in [0.5, 0.6) is 0 Å². The largest absolute Gasteiger partial charge is 0.466 e. The molecule has 60 heavy (non-hydrogen) atoms. The molecule has 3 aliphatic rings. The van der Waals surface area contributed by atoms with Crippen LogP contribution in [0.15, 0.2) is 52.9 Å². The fourth-order valence-corrected chi connectivity index (χ4v) is 8.54. The Morgan fingerprint density at radius 3 is 1.83 bits per heavy atom. The van der Waals surface area contributed by atoms with Gasteiger partial charge in [-0.2, -0.15) is 0 Å². The van der Waals surface area contributed by atoms with Crippen LogP contribution in [0.1, 0.15) is 118 Å². The average Bonchev–Trinajstić information content (AvgIpc) is 3.87. The first-order valence-electron chi connectivity index (χ1n) is 22.2. The zero-order valence-corrected chi connectivity index (χ0v) is 37.9. The number of ether oxygens (including phenoxy) is 2. The summed E-state index contributed by atoms with van der Waals surface area (Å²) < 4.78 is 11.4. The Bertz CT molecular complexity index is 2120. The molecule has 2 atom stereocenters. The molecule has 2 aromatic heterocycles. The summed E-state index contributed by atoms with van der Waals surface area (Å²) in [5.41, 5.74) is 12.7. The summed E-state index contributed by atoms with van der Waals surface area (Å²) >= 11 is 0. The van der Waals surface area contributed by atoms with Crippen LogP contribution in [-0.2, 0) is 25.5 Å². The Morgan fingerprint density at radius 1 is 0.667 bits per heavy atom. The maximum absolute atomic E-state index is 13.1. The van der Waals surface area contributed by atoms with Crippen molar-refractivity contribution >= 4 is 42.3 Å². The number of unbranched alkanes of at least 4 members (excludes halogenated alkanes) is 6. The van der Waals surface area contributed by atoms with Gasteiger partial charge in [0.1, 0.15) is 0 Å². The van der Waals surface area contributed by atoms with Crippen LogP contribution in [0.4, 0.5) is 0 Å². The van der Waals surface area contributed by atoms with Crippen molar-refractivity contribution < 1.29 is 19.1 Å². The molecule has 2 unspecified atom stereocenters. The number of hydrogen-bond donors (Lipinski definition) is 4. The van der Waals surface area contributed by atoms with Gasteiger partial charge < -0.3 is 39.9 Å². The van der Waals surface area contributed by atoms with Crippen molar-refractivity contribution in [1.82, 2.24) is 30.4 Å². The molecule has 0 aromatic carbocycles. The van der Waals surface area contributed by atoms with Crippen LogP contribution >= 0.6 is 0 Å². The minimum Gasteiger partial charge on any atom is -0.466 e. The van der Waals surface area contributed by atoms with E-state index < -0.39 is 0 Å². The van der Waals surface area contributed by atoms with Gasteiger partial charge in [0.25, 0.3) is 0 Å². The zero-order chi connectivity index (χ0) is 43.3. The van der Waals surface area contributed by atoms with E-state index in [-0.39, 0.29) is 36.9 Å². The van der Waals surface area contributed by atoms with Gasteiger partial charge in [0, 0.05) is 51.9 Å². The third kappa shape index (κ3) is 12.2. The second-order valence-corrected chi connectivity index (χ2v) is 17.3. The van der Waals surface area contributed by atoms with Gasteiger partial charge >= 0.3 is 11.9 Å². The number of esters is 2. The number of nitrogens with one attached hydrogen (secondary N) is 4. The summed E-state index contributed by atoms with van der Waals surface area (Å²) in [5.74, 6) is -0.355. The first-order chi connectivity index (χ1) is 28.8. The molecule has 0 saturated heterocycles. The summed E-state index contributed by atoms with van der Waals surface area (Å²) in [7, 11) is 8.37. The molecular weight excluding hydrogens is 749 g/mol. The lowest BCUT2D eigenvalue weighted by atomic mass is 9.99. The summed E-state index contributed by atoms with van der Waals surface area (Å²) in [6, 6.07) is -0.200. The highest BCUT2D eigenvalue weighted by Gasteiger charge is 2.28. The molecule has 4 N–H and O–H groups in total. The van der Waals surface area contributed by atoms with Crippen molar-refractivity contribution in [3.05, 3.63) is 97.3 Å². The Morgan fingerprint density at radius 2 is 1.23 bits per heavy atom. The number of aromatic nitrogens is 2. The topological polar surface area (TPSA) is 115 Å². The third-order valence-corrected chi connectivity index (χ3v) is 12.2. The van der Waals surface area contributed by atoms with Crippen molar-refractivity contribution in [2.45, 2.75) is 117 Å². The van der Waals surface area contributed by atoms with E-state index in [0.29, 0.717) is 26.1 Å². The Labute approximate surface area is 359 Å². The Kier molecular flexibility index (Phi) is 17.1. The van der Waals surface area contributed by atoms with Gasteiger partial charge in [-0.15, -0.1) is 0 Å². The van der Waals surface area contributed by atoms with Gasteiger partial charge in [-0.05, 0) is 171 Å². The molecule has 0 radical (unpaired) electrons. The summed E-state index contributed by atoms with van der Waals surface area (Å²) in [6.45, 7) is 20.0.